The van der Waals surface area contributed by atoms with Crippen LogP contribution < -0.4 is 5.32 Å². The molecule has 150 valence electrons. The largest absolute Gasteiger partial charge is 0.378 e. The highest BCUT2D eigenvalue weighted by Gasteiger charge is 2.43. The van der Waals surface area contributed by atoms with Crippen molar-refractivity contribution in [1.82, 2.24) is 10.2 Å². The van der Waals surface area contributed by atoms with E-state index in [0.717, 1.165) is 50.8 Å². The number of benzene rings is 1. The van der Waals surface area contributed by atoms with E-state index in [2.05, 4.69) is 15.2 Å². The Morgan fingerprint density at radius 1 is 1.19 bits per heavy atom. The van der Waals surface area contributed by atoms with Crippen LogP contribution in [0.3, 0.4) is 0 Å². The van der Waals surface area contributed by atoms with Crippen molar-refractivity contribution in [2.24, 2.45) is 10.9 Å². The van der Waals surface area contributed by atoms with Gasteiger partial charge in [-0.05, 0) is 50.2 Å². The first-order chi connectivity index (χ1) is 12.7. The van der Waals surface area contributed by atoms with Gasteiger partial charge in [0.05, 0.1) is 6.10 Å². The number of ether oxygens (including phenoxy) is 1. The lowest BCUT2D eigenvalue weighted by atomic mass is 10.1. The van der Waals surface area contributed by atoms with E-state index >= 15 is 0 Å². The Labute approximate surface area is 176 Å². The fourth-order valence-electron chi connectivity index (χ4n) is 3.79. The third-order valence-corrected chi connectivity index (χ3v) is 5.69. The Morgan fingerprint density at radius 2 is 1.85 bits per heavy atom. The monoisotopic (exact) mass is 491 g/mol. The fraction of sp³-hybridized carbons (Fsp3) is 0.650. The third-order valence-electron chi connectivity index (χ3n) is 5.69. The van der Waals surface area contributed by atoms with E-state index in [1.807, 2.05) is 0 Å². The molecule has 1 aliphatic heterocycles. The maximum absolute atomic E-state index is 13.9. The minimum atomic E-state index is -0.456. The fourth-order valence-corrected chi connectivity index (χ4v) is 3.79. The van der Waals surface area contributed by atoms with E-state index in [1.54, 1.807) is 7.05 Å². The first kappa shape index (κ1) is 20.8. The molecular weight excluding hydrogens is 463 g/mol. The number of hydrogen-bond donors (Lipinski definition) is 1. The quantitative estimate of drug-likeness (QED) is 0.386. The summed E-state index contributed by atoms with van der Waals surface area (Å²) in [6, 6.07) is 4.11. The first-order valence-electron chi connectivity index (χ1n) is 9.69. The van der Waals surface area contributed by atoms with Crippen molar-refractivity contribution < 1.29 is 13.5 Å². The Kier molecular flexibility index (Phi) is 6.94. The van der Waals surface area contributed by atoms with Crippen LogP contribution >= 0.6 is 24.0 Å². The topological polar surface area (TPSA) is 36.9 Å². The van der Waals surface area contributed by atoms with Crippen LogP contribution in [-0.4, -0.2) is 49.7 Å². The number of halogens is 3. The lowest BCUT2D eigenvalue weighted by molar-refractivity contribution is 0.0131. The van der Waals surface area contributed by atoms with E-state index in [9.17, 15) is 8.78 Å². The number of likely N-dealkylation sites (tertiary alicyclic amines) is 1. The average Bonchev–Trinajstić information content (AvgIpc) is 3.55. The second-order valence-corrected chi connectivity index (χ2v) is 7.74. The van der Waals surface area contributed by atoms with Crippen LogP contribution in [0.25, 0.3) is 0 Å². The van der Waals surface area contributed by atoms with Crippen LogP contribution in [0.4, 0.5) is 8.78 Å². The van der Waals surface area contributed by atoms with Crippen LogP contribution in [0.5, 0.6) is 0 Å². The summed E-state index contributed by atoms with van der Waals surface area (Å²) in [5.41, 5.74) is 0.202. The van der Waals surface area contributed by atoms with E-state index < -0.39 is 11.6 Å². The molecule has 0 bridgehead atoms. The number of piperidine rings is 1. The summed E-state index contributed by atoms with van der Waals surface area (Å²) in [7, 11) is 1.76. The average molecular weight is 491 g/mol. The van der Waals surface area contributed by atoms with Gasteiger partial charge in [-0.1, -0.05) is 6.07 Å². The number of nitrogens with zero attached hydrogens (tertiary/aromatic N) is 2. The molecule has 2 unspecified atom stereocenters. The van der Waals surface area contributed by atoms with Crippen molar-refractivity contribution >= 4 is 29.9 Å². The second kappa shape index (κ2) is 9.03. The molecule has 2 atom stereocenters. The summed E-state index contributed by atoms with van der Waals surface area (Å²) in [5, 5.41) is 3.39. The maximum atomic E-state index is 13.9. The minimum Gasteiger partial charge on any atom is -0.378 e. The van der Waals surface area contributed by atoms with Gasteiger partial charge in [-0.25, -0.2) is 8.78 Å². The molecular formula is C20H28F2IN3O. The molecule has 0 spiro atoms. The van der Waals surface area contributed by atoms with Gasteiger partial charge in [-0.15, -0.1) is 24.0 Å². The minimum absolute atomic E-state index is 0. The lowest BCUT2D eigenvalue weighted by Gasteiger charge is -2.34. The normalized spacial score (nSPS) is 25.9. The first-order valence-corrected chi connectivity index (χ1v) is 9.69. The zero-order valence-corrected chi connectivity index (χ0v) is 18.0. The van der Waals surface area contributed by atoms with Gasteiger partial charge in [-0.2, -0.15) is 0 Å². The molecule has 27 heavy (non-hydrogen) atoms. The van der Waals surface area contributed by atoms with Gasteiger partial charge in [-0.3, -0.25) is 4.99 Å². The van der Waals surface area contributed by atoms with E-state index in [-0.39, 0.29) is 41.5 Å². The summed E-state index contributed by atoms with van der Waals surface area (Å²) >= 11 is 0. The van der Waals surface area contributed by atoms with E-state index in [4.69, 9.17) is 4.74 Å². The van der Waals surface area contributed by atoms with Crippen molar-refractivity contribution in [2.75, 3.05) is 26.7 Å². The van der Waals surface area contributed by atoms with Crippen molar-refractivity contribution in [2.45, 2.75) is 50.2 Å². The van der Waals surface area contributed by atoms with Crippen molar-refractivity contribution in [3.05, 3.63) is 35.4 Å². The van der Waals surface area contributed by atoms with Gasteiger partial charge in [0.2, 0.25) is 0 Å². The summed E-state index contributed by atoms with van der Waals surface area (Å²) in [6.07, 6.45) is 5.73. The molecule has 7 heteroatoms. The van der Waals surface area contributed by atoms with Gasteiger partial charge in [0.25, 0.3) is 0 Å². The molecule has 2 aliphatic carbocycles. The molecule has 1 heterocycles. The molecule has 1 aromatic rings. The van der Waals surface area contributed by atoms with Gasteiger partial charge in [0.1, 0.15) is 11.6 Å². The Morgan fingerprint density at radius 3 is 2.44 bits per heavy atom. The molecule has 3 fully saturated rings. The summed E-state index contributed by atoms with van der Waals surface area (Å²) < 4.78 is 33.9. The predicted octanol–water partition coefficient (Wildman–Crippen LogP) is 3.91. The Balaban J connectivity index is 0.00000210. The standard InChI is InChI=1S/C20H27F2N3O.HI/c1-23-20(25-9-7-14(8-10-25)26-12-13-5-6-13)24-18-11-15(18)19-16(21)3-2-4-17(19)22;/h2-4,13-15,18H,5-12H2,1H3,(H,23,24);1H. The maximum Gasteiger partial charge on any atom is 0.193 e. The molecule has 1 N–H and O–H groups in total. The Hall–Kier alpha value is -0.960. The van der Waals surface area contributed by atoms with Gasteiger partial charge >= 0.3 is 0 Å². The second-order valence-electron chi connectivity index (χ2n) is 7.74. The van der Waals surface area contributed by atoms with Crippen molar-refractivity contribution in [1.29, 1.82) is 0 Å². The number of nitrogens with one attached hydrogen (secondary N) is 1. The van der Waals surface area contributed by atoms with Gasteiger partial charge in [0, 0.05) is 44.3 Å². The number of guanidine groups is 1. The molecule has 0 amide bonds. The number of rotatable bonds is 5. The predicted molar refractivity (Wildman–Crippen MR) is 113 cm³/mol. The summed E-state index contributed by atoms with van der Waals surface area (Å²) in [4.78, 5) is 6.60. The highest BCUT2D eigenvalue weighted by Crippen LogP contribution is 2.43. The molecule has 4 rings (SSSR count). The number of aliphatic imine (C=N–C) groups is 1. The molecule has 2 saturated carbocycles. The molecule has 0 radical (unpaired) electrons. The van der Waals surface area contributed by atoms with Crippen LogP contribution in [0.1, 0.15) is 43.6 Å². The van der Waals surface area contributed by atoms with Crippen molar-refractivity contribution in [3.63, 3.8) is 0 Å². The van der Waals surface area contributed by atoms with Crippen LogP contribution in [-0.2, 0) is 4.74 Å². The van der Waals surface area contributed by atoms with Crippen LogP contribution in [0, 0.1) is 17.6 Å². The molecule has 4 nitrogen and oxygen atoms in total. The van der Waals surface area contributed by atoms with E-state index in [0.29, 0.717) is 6.10 Å². The SMILES string of the molecule is CN=C(NC1CC1c1c(F)cccc1F)N1CCC(OCC2CC2)CC1.I. The zero-order chi connectivity index (χ0) is 18.1. The lowest BCUT2D eigenvalue weighted by Crippen LogP contribution is -2.47. The Bertz CT molecular complexity index is 655. The van der Waals surface area contributed by atoms with Crippen molar-refractivity contribution in [3.8, 4) is 0 Å². The zero-order valence-electron chi connectivity index (χ0n) is 15.7. The highest BCUT2D eigenvalue weighted by atomic mass is 127. The molecule has 3 aliphatic rings. The summed E-state index contributed by atoms with van der Waals surface area (Å²) in [6.45, 7) is 2.72. The smallest absolute Gasteiger partial charge is 0.193 e. The summed E-state index contributed by atoms with van der Waals surface area (Å²) in [5.74, 6) is 0.598. The molecule has 1 saturated heterocycles. The molecule has 0 aromatic heterocycles. The van der Waals surface area contributed by atoms with E-state index in [1.165, 1.54) is 31.0 Å². The highest BCUT2D eigenvalue weighted by molar-refractivity contribution is 14.0. The van der Waals surface area contributed by atoms with Gasteiger partial charge < -0.3 is 15.0 Å². The van der Waals surface area contributed by atoms with Gasteiger partial charge in [0.15, 0.2) is 5.96 Å². The molecule has 1 aromatic carbocycles. The number of hydrogen-bond acceptors (Lipinski definition) is 2. The van der Waals surface area contributed by atoms with Crippen LogP contribution in [0.2, 0.25) is 0 Å². The third kappa shape index (κ3) is 5.10. The van der Waals surface area contributed by atoms with Crippen LogP contribution in [0.15, 0.2) is 23.2 Å².